The van der Waals surface area contributed by atoms with E-state index < -0.39 is 0 Å². The molecule has 0 amide bonds. The van der Waals surface area contributed by atoms with Crippen molar-refractivity contribution in [1.82, 2.24) is 4.90 Å². The van der Waals surface area contributed by atoms with Gasteiger partial charge in [0.25, 0.3) is 0 Å². The van der Waals surface area contributed by atoms with Crippen LogP contribution >= 0.6 is 0 Å². The highest BCUT2D eigenvalue weighted by molar-refractivity contribution is 5.01. The molecule has 0 aromatic heterocycles. The molecule has 1 atom stereocenters. The largest absolute Gasteiger partial charge is 0.326 e. The summed E-state index contributed by atoms with van der Waals surface area (Å²) in [7, 11) is 0. The predicted octanol–water partition coefficient (Wildman–Crippen LogP) is 5.11. The molecule has 1 unspecified atom stereocenters. The summed E-state index contributed by atoms with van der Waals surface area (Å²) < 4.78 is 0. The molecule has 1 aliphatic carbocycles. The van der Waals surface area contributed by atoms with E-state index in [0.29, 0.717) is 11.6 Å². The Morgan fingerprint density at radius 3 is 1.90 bits per heavy atom. The standard InChI is InChI=1S/C19H40N2/c1-4-7-8-9-10-11-12-15-18(20)19(16-13-14-17-19)21(5-2)6-3/h18H,4-17,20H2,1-3H3. The van der Waals surface area contributed by atoms with Gasteiger partial charge in [0.15, 0.2) is 0 Å². The third-order valence-electron chi connectivity index (χ3n) is 5.67. The Morgan fingerprint density at radius 1 is 0.857 bits per heavy atom. The van der Waals surface area contributed by atoms with Gasteiger partial charge in [-0.25, -0.2) is 0 Å². The fourth-order valence-corrected chi connectivity index (χ4v) is 4.35. The second kappa shape index (κ2) is 10.6. The Morgan fingerprint density at radius 2 is 1.38 bits per heavy atom. The van der Waals surface area contributed by atoms with Crippen LogP contribution in [0.15, 0.2) is 0 Å². The van der Waals surface area contributed by atoms with Crippen LogP contribution in [0, 0.1) is 0 Å². The van der Waals surface area contributed by atoms with Crippen LogP contribution in [-0.4, -0.2) is 29.6 Å². The molecule has 0 aliphatic heterocycles. The highest BCUT2D eigenvalue weighted by atomic mass is 15.2. The summed E-state index contributed by atoms with van der Waals surface area (Å²) >= 11 is 0. The van der Waals surface area contributed by atoms with Gasteiger partial charge in [0.1, 0.15) is 0 Å². The van der Waals surface area contributed by atoms with Crippen molar-refractivity contribution in [3.8, 4) is 0 Å². The molecule has 1 rings (SSSR count). The second-order valence-corrected chi connectivity index (χ2v) is 7.00. The molecule has 1 fully saturated rings. The van der Waals surface area contributed by atoms with Crippen molar-refractivity contribution < 1.29 is 0 Å². The van der Waals surface area contributed by atoms with Gasteiger partial charge in [-0.1, -0.05) is 78.6 Å². The summed E-state index contributed by atoms with van der Waals surface area (Å²) in [6.45, 7) is 9.18. The molecule has 1 aliphatic rings. The van der Waals surface area contributed by atoms with E-state index >= 15 is 0 Å². The summed E-state index contributed by atoms with van der Waals surface area (Å²) in [5, 5.41) is 0. The molecule has 0 bridgehead atoms. The van der Waals surface area contributed by atoms with E-state index in [9.17, 15) is 0 Å². The summed E-state index contributed by atoms with van der Waals surface area (Å²) in [6.07, 6.45) is 16.3. The minimum Gasteiger partial charge on any atom is -0.326 e. The lowest BCUT2D eigenvalue weighted by atomic mass is 9.83. The molecule has 0 heterocycles. The summed E-state index contributed by atoms with van der Waals surface area (Å²) in [5.41, 5.74) is 7.01. The molecule has 0 saturated heterocycles. The van der Waals surface area contributed by atoms with Crippen LogP contribution in [0.3, 0.4) is 0 Å². The highest BCUT2D eigenvalue weighted by Crippen LogP contribution is 2.38. The van der Waals surface area contributed by atoms with Crippen LogP contribution in [0.2, 0.25) is 0 Å². The van der Waals surface area contributed by atoms with Crippen molar-refractivity contribution in [2.75, 3.05) is 13.1 Å². The third kappa shape index (κ3) is 5.56. The van der Waals surface area contributed by atoms with E-state index in [1.54, 1.807) is 0 Å². The van der Waals surface area contributed by atoms with Crippen LogP contribution < -0.4 is 5.73 Å². The van der Waals surface area contributed by atoms with E-state index in [1.807, 2.05) is 0 Å². The van der Waals surface area contributed by atoms with Crippen molar-refractivity contribution >= 4 is 0 Å². The van der Waals surface area contributed by atoms with E-state index in [-0.39, 0.29) is 0 Å². The molecule has 0 radical (unpaired) electrons. The maximum Gasteiger partial charge on any atom is 0.0360 e. The first-order valence-electron chi connectivity index (χ1n) is 9.71. The summed E-state index contributed by atoms with van der Waals surface area (Å²) in [6, 6.07) is 0.385. The minimum atomic E-state index is 0.325. The van der Waals surface area contributed by atoms with Crippen molar-refractivity contribution in [2.45, 2.75) is 109 Å². The summed E-state index contributed by atoms with van der Waals surface area (Å²) in [4.78, 5) is 2.66. The van der Waals surface area contributed by atoms with Gasteiger partial charge in [-0.2, -0.15) is 0 Å². The van der Waals surface area contributed by atoms with Crippen LogP contribution in [0.5, 0.6) is 0 Å². The minimum absolute atomic E-state index is 0.325. The average Bonchev–Trinajstić information content (AvgIpc) is 2.98. The molecule has 0 aromatic rings. The Labute approximate surface area is 133 Å². The maximum absolute atomic E-state index is 6.69. The van der Waals surface area contributed by atoms with Crippen LogP contribution in [0.4, 0.5) is 0 Å². The van der Waals surface area contributed by atoms with Crippen LogP contribution in [0.1, 0.15) is 97.8 Å². The zero-order chi connectivity index (χ0) is 15.6. The van der Waals surface area contributed by atoms with Gasteiger partial charge in [-0.15, -0.1) is 0 Å². The van der Waals surface area contributed by atoms with E-state index in [4.69, 9.17) is 5.73 Å². The normalized spacial score (nSPS) is 19.3. The van der Waals surface area contributed by atoms with Crippen molar-refractivity contribution in [3.05, 3.63) is 0 Å². The first kappa shape index (κ1) is 19.0. The fraction of sp³-hybridized carbons (Fsp3) is 1.00. The van der Waals surface area contributed by atoms with E-state index in [2.05, 4.69) is 25.7 Å². The number of nitrogens with zero attached hydrogens (tertiary/aromatic N) is 1. The summed E-state index contributed by atoms with van der Waals surface area (Å²) in [5.74, 6) is 0. The molecular weight excluding hydrogens is 256 g/mol. The molecule has 1 saturated carbocycles. The van der Waals surface area contributed by atoms with Gasteiger partial charge < -0.3 is 5.73 Å². The number of hydrogen-bond acceptors (Lipinski definition) is 2. The third-order valence-corrected chi connectivity index (χ3v) is 5.67. The number of nitrogens with two attached hydrogens (primary N) is 1. The Bertz CT molecular complexity index is 242. The Kier molecular flexibility index (Phi) is 9.59. The lowest BCUT2D eigenvalue weighted by Gasteiger charge is -2.45. The number of hydrogen-bond donors (Lipinski definition) is 1. The topological polar surface area (TPSA) is 29.3 Å². The number of unbranched alkanes of at least 4 members (excludes halogenated alkanes) is 6. The van der Waals surface area contributed by atoms with Gasteiger partial charge in [0, 0.05) is 11.6 Å². The van der Waals surface area contributed by atoms with Gasteiger partial charge in [-0.05, 0) is 32.4 Å². The molecule has 2 nitrogen and oxygen atoms in total. The lowest BCUT2D eigenvalue weighted by molar-refractivity contribution is 0.0732. The average molecular weight is 297 g/mol. The predicted molar refractivity (Wildman–Crippen MR) is 94.7 cm³/mol. The van der Waals surface area contributed by atoms with Gasteiger partial charge in [-0.3, -0.25) is 4.90 Å². The molecule has 21 heavy (non-hydrogen) atoms. The van der Waals surface area contributed by atoms with E-state index in [1.165, 1.54) is 77.0 Å². The second-order valence-electron chi connectivity index (χ2n) is 7.00. The monoisotopic (exact) mass is 296 g/mol. The zero-order valence-electron chi connectivity index (χ0n) is 15.0. The number of rotatable bonds is 12. The van der Waals surface area contributed by atoms with Crippen LogP contribution in [0.25, 0.3) is 0 Å². The molecule has 2 N–H and O–H groups in total. The maximum atomic E-state index is 6.69. The van der Waals surface area contributed by atoms with Gasteiger partial charge in [0.05, 0.1) is 0 Å². The lowest BCUT2D eigenvalue weighted by Crippen LogP contribution is -2.58. The smallest absolute Gasteiger partial charge is 0.0360 e. The molecule has 2 heteroatoms. The van der Waals surface area contributed by atoms with Crippen molar-refractivity contribution in [3.63, 3.8) is 0 Å². The van der Waals surface area contributed by atoms with E-state index in [0.717, 1.165) is 13.1 Å². The Hall–Kier alpha value is -0.0800. The van der Waals surface area contributed by atoms with Crippen molar-refractivity contribution in [1.29, 1.82) is 0 Å². The quantitative estimate of drug-likeness (QED) is 0.507. The SMILES string of the molecule is CCCCCCCCCC(N)C1(N(CC)CC)CCCC1. The molecule has 0 aromatic carbocycles. The first-order valence-corrected chi connectivity index (χ1v) is 9.71. The first-order chi connectivity index (χ1) is 10.2. The highest BCUT2D eigenvalue weighted by Gasteiger charge is 2.42. The van der Waals surface area contributed by atoms with Gasteiger partial charge >= 0.3 is 0 Å². The zero-order valence-corrected chi connectivity index (χ0v) is 15.0. The molecule has 126 valence electrons. The number of likely N-dealkylation sites (N-methyl/N-ethyl adjacent to an activating group) is 1. The Balaban J connectivity index is 2.32. The van der Waals surface area contributed by atoms with Crippen molar-refractivity contribution in [2.24, 2.45) is 5.73 Å². The van der Waals surface area contributed by atoms with Crippen LogP contribution in [-0.2, 0) is 0 Å². The molecule has 0 spiro atoms. The molecular formula is C19H40N2. The fourth-order valence-electron chi connectivity index (χ4n) is 4.35. The van der Waals surface area contributed by atoms with Gasteiger partial charge in [0.2, 0.25) is 0 Å².